The summed E-state index contributed by atoms with van der Waals surface area (Å²) in [6, 6.07) is 13.0. The normalized spacial score (nSPS) is 15.5. The molecule has 2 N–H and O–H groups in total. The van der Waals surface area contributed by atoms with Crippen LogP contribution < -0.4 is 10.2 Å². The molecule has 0 aliphatic heterocycles. The number of hydrazone groups is 1. The van der Waals surface area contributed by atoms with Crippen LogP contribution in [0.5, 0.6) is 11.5 Å². The van der Waals surface area contributed by atoms with Crippen molar-refractivity contribution >= 4 is 44.8 Å². The lowest BCUT2D eigenvalue weighted by atomic mass is 9.83. The standard InChI is InChI=1S/C23H34O5.C17H17N3O2S/c1-5-22(24)27-17-9-7-6-8-16-26-19(3)12-13-20(4)28-23(25)21-14-10-18(2)11-15-21;1-2-9-22-13-7-8-15(21)12(10-13)11-18-20-17-19-14-5-3-4-6-16(14)23-17/h5,12-13,18,21H,1,3-4,6-11,14-17H2,2H3;3-8,10-11,21H,2,9H2,1H3,(H,19,20)/b13-12-;18-11+. The van der Waals surface area contributed by atoms with Crippen LogP contribution >= 0.6 is 11.3 Å². The number of benzene rings is 2. The van der Waals surface area contributed by atoms with Crippen molar-refractivity contribution in [2.75, 3.05) is 25.2 Å². The molecule has 1 aromatic heterocycles. The number of thiazole rings is 1. The van der Waals surface area contributed by atoms with E-state index in [2.05, 4.69) is 42.2 Å². The summed E-state index contributed by atoms with van der Waals surface area (Å²) in [6.07, 6.45) is 14.5. The number of phenolic OH excluding ortho intramolecular Hbond substituents is 1. The maximum Gasteiger partial charge on any atom is 0.330 e. The van der Waals surface area contributed by atoms with E-state index in [0.717, 1.165) is 68.0 Å². The molecule has 0 amide bonds. The average molecular weight is 718 g/mol. The van der Waals surface area contributed by atoms with Gasteiger partial charge in [-0.15, -0.1) is 0 Å². The molecule has 10 nitrogen and oxygen atoms in total. The van der Waals surface area contributed by atoms with Gasteiger partial charge in [-0.05, 0) is 106 Å². The van der Waals surface area contributed by atoms with Crippen LogP contribution in [0.2, 0.25) is 0 Å². The number of para-hydroxylation sites is 1. The van der Waals surface area contributed by atoms with Crippen molar-refractivity contribution in [2.45, 2.75) is 71.6 Å². The first-order chi connectivity index (χ1) is 24.7. The Morgan fingerprint density at radius 2 is 1.69 bits per heavy atom. The van der Waals surface area contributed by atoms with Crippen LogP contribution in [0.1, 0.15) is 77.2 Å². The Labute approximate surface area is 305 Å². The lowest BCUT2D eigenvalue weighted by Gasteiger charge is -2.24. The van der Waals surface area contributed by atoms with Gasteiger partial charge in [0, 0.05) is 11.6 Å². The molecule has 0 unspecified atom stereocenters. The van der Waals surface area contributed by atoms with Gasteiger partial charge in [0.15, 0.2) is 0 Å². The molecule has 4 rings (SSSR count). The Hall–Kier alpha value is -4.90. The number of hydrogen-bond donors (Lipinski definition) is 2. The fourth-order valence-electron chi connectivity index (χ4n) is 4.99. The number of unbranched alkanes of at least 4 members (excludes halogenated alkanes) is 3. The highest BCUT2D eigenvalue weighted by Crippen LogP contribution is 2.30. The molecule has 51 heavy (non-hydrogen) atoms. The zero-order valence-corrected chi connectivity index (χ0v) is 30.6. The molecule has 1 heterocycles. The number of aromatic nitrogens is 1. The summed E-state index contributed by atoms with van der Waals surface area (Å²) >= 11 is 1.53. The summed E-state index contributed by atoms with van der Waals surface area (Å²) in [4.78, 5) is 27.4. The first kappa shape index (κ1) is 40.5. The highest BCUT2D eigenvalue weighted by Gasteiger charge is 2.25. The van der Waals surface area contributed by atoms with Crippen LogP contribution in [0.3, 0.4) is 0 Å². The molecule has 1 aliphatic rings. The number of hydrogen-bond acceptors (Lipinski definition) is 11. The van der Waals surface area contributed by atoms with Gasteiger partial charge in [0.1, 0.15) is 23.0 Å². The molecule has 274 valence electrons. The summed E-state index contributed by atoms with van der Waals surface area (Å²) in [6.45, 7) is 16.8. The number of carbonyl (C=O) groups is 2. The smallest absolute Gasteiger partial charge is 0.330 e. The Balaban J connectivity index is 0.000000280. The molecule has 2 aromatic carbocycles. The second-order valence-corrected chi connectivity index (χ2v) is 13.2. The first-order valence-corrected chi connectivity index (χ1v) is 18.3. The number of nitrogens with one attached hydrogen (secondary N) is 1. The Morgan fingerprint density at radius 3 is 2.39 bits per heavy atom. The predicted molar refractivity (Wildman–Crippen MR) is 205 cm³/mol. The van der Waals surface area contributed by atoms with E-state index in [4.69, 9.17) is 18.9 Å². The van der Waals surface area contributed by atoms with Gasteiger partial charge in [-0.3, -0.25) is 10.2 Å². The van der Waals surface area contributed by atoms with Crippen molar-refractivity contribution in [2.24, 2.45) is 16.9 Å². The largest absolute Gasteiger partial charge is 0.507 e. The van der Waals surface area contributed by atoms with Gasteiger partial charge >= 0.3 is 11.9 Å². The fourth-order valence-corrected chi connectivity index (χ4v) is 5.81. The summed E-state index contributed by atoms with van der Waals surface area (Å²) < 4.78 is 22.4. The zero-order valence-electron chi connectivity index (χ0n) is 29.8. The number of carbonyl (C=O) groups excluding carboxylic acids is 2. The van der Waals surface area contributed by atoms with Crippen molar-refractivity contribution in [1.29, 1.82) is 0 Å². The molecule has 1 aliphatic carbocycles. The topological polar surface area (TPSA) is 129 Å². The number of esters is 2. The van der Waals surface area contributed by atoms with Gasteiger partial charge in [-0.25, -0.2) is 9.78 Å². The maximum atomic E-state index is 12.1. The molecular formula is C40H51N3O7S. The van der Waals surface area contributed by atoms with Crippen molar-refractivity contribution in [3.8, 4) is 11.5 Å². The van der Waals surface area contributed by atoms with E-state index in [9.17, 15) is 14.7 Å². The van der Waals surface area contributed by atoms with E-state index in [-0.39, 0.29) is 23.6 Å². The second-order valence-electron chi connectivity index (χ2n) is 12.2. The summed E-state index contributed by atoms with van der Waals surface area (Å²) in [7, 11) is 0. The van der Waals surface area contributed by atoms with E-state index in [0.29, 0.717) is 53.7 Å². The lowest BCUT2D eigenvalue weighted by Crippen LogP contribution is -2.22. The van der Waals surface area contributed by atoms with Crippen molar-refractivity contribution in [3.05, 3.63) is 97.5 Å². The van der Waals surface area contributed by atoms with Gasteiger partial charge in [0.25, 0.3) is 0 Å². The quantitative estimate of drug-likeness (QED) is 0.0237. The van der Waals surface area contributed by atoms with Crippen LogP contribution in [0, 0.1) is 11.8 Å². The number of aromatic hydroxyl groups is 1. The van der Waals surface area contributed by atoms with Crippen molar-refractivity contribution in [3.63, 3.8) is 0 Å². The van der Waals surface area contributed by atoms with Crippen LogP contribution in [-0.4, -0.2) is 48.1 Å². The number of ether oxygens (including phenoxy) is 4. The van der Waals surface area contributed by atoms with Crippen molar-refractivity contribution < 1.29 is 33.6 Å². The minimum Gasteiger partial charge on any atom is -0.507 e. The van der Waals surface area contributed by atoms with E-state index < -0.39 is 0 Å². The Kier molecular flexibility index (Phi) is 18.1. The molecule has 0 saturated heterocycles. The molecule has 1 fully saturated rings. The monoisotopic (exact) mass is 717 g/mol. The van der Waals surface area contributed by atoms with Gasteiger partial charge < -0.3 is 24.1 Å². The van der Waals surface area contributed by atoms with E-state index >= 15 is 0 Å². The highest BCUT2D eigenvalue weighted by atomic mass is 32.1. The molecule has 0 bridgehead atoms. The summed E-state index contributed by atoms with van der Waals surface area (Å²) in [5, 5.41) is 14.7. The Morgan fingerprint density at radius 1 is 0.980 bits per heavy atom. The molecule has 0 spiro atoms. The van der Waals surface area contributed by atoms with Crippen molar-refractivity contribution in [1.82, 2.24) is 4.98 Å². The molecule has 11 heteroatoms. The zero-order chi connectivity index (χ0) is 36.8. The summed E-state index contributed by atoms with van der Waals surface area (Å²) in [5.74, 6) is 1.79. The van der Waals surface area contributed by atoms with Gasteiger partial charge in [-0.1, -0.05) is 57.1 Å². The van der Waals surface area contributed by atoms with Crippen LogP contribution in [0.4, 0.5) is 5.13 Å². The lowest BCUT2D eigenvalue weighted by molar-refractivity contribution is -0.145. The predicted octanol–water partition coefficient (Wildman–Crippen LogP) is 9.48. The third kappa shape index (κ3) is 15.7. The van der Waals surface area contributed by atoms with Crippen LogP contribution in [0.15, 0.2) is 97.0 Å². The number of allylic oxidation sites excluding steroid dienone is 2. The SMILES string of the molecule is C=CC(=O)OCCCCCCOC(=C)/C=C\C(=C)OC(=O)C1CCC(C)CC1.CCCOc1ccc(O)c(/C=N/Nc2nc3ccccc3s2)c1. The van der Waals surface area contributed by atoms with Crippen LogP contribution in [0.25, 0.3) is 10.2 Å². The number of phenols is 1. The highest BCUT2D eigenvalue weighted by molar-refractivity contribution is 7.22. The molecule has 1 saturated carbocycles. The third-order valence-corrected chi connectivity index (χ3v) is 8.84. The van der Waals surface area contributed by atoms with E-state index in [1.54, 1.807) is 36.6 Å². The molecule has 0 atom stereocenters. The number of fused-ring (bicyclic) bond motifs is 1. The van der Waals surface area contributed by atoms with E-state index in [1.807, 2.05) is 31.2 Å². The average Bonchev–Trinajstić information content (AvgIpc) is 3.55. The maximum absolute atomic E-state index is 12.1. The minimum atomic E-state index is -0.382. The Bertz CT molecular complexity index is 1610. The molecule has 3 aromatic rings. The van der Waals surface area contributed by atoms with Gasteiger partial charge in [-0.2, -0.15) is 5.10 Å². The third-order valence-electron chi connectivity index (χ3n) is 7.90. The second kappa shape index (κ2) is 22.7. The number of nitrogens with zero attached hydrogens (tertiary/aromatic N) is 2. The first-order valence-electron chi connectivity index (χ1n) is 17.5. The van der Waals surface area contributed by atoms with Gasteiger partial charge in [0.2, 0.25) is 5.13 Å². The van der Waals surface area contributed by atoms with Crippen LogP contribution in [-0.2, 0) is 23.8 Å². The van der Waals surface area contributed by atoms with Gasteiger partial charge in [0.05, 0.1) is 42.2 Å². The summed E-state index contributed by atoms with van der Waals surface area (Å²) in [5.41, 5.74) is 4.43. The number of rotatable bonds is 19. The molecule has 0 radical (unpaired) electrons. The fraction of sp³-hybridized carbons (Fsp3) is 0.400. The number of anilines is 1. The van der Waals surface area contributed by atoms with E-state index in [1.165, 1.54) is 17.4 Å². The minimum absolute atomic E-state index is 0.0129. The molecular weight excluding hydrogens is 667 g/mol.